The molecular formula is C16H25NO2S. The smallest absolute Gasteiger partial charge is 0.150 e. The Kier molecular flexibility index (Phi) is 4.86. The van der Waals surface area contributed by atoms with E-state index in [0.717, 1.165) is 12.8 Å². The van der Waals surface area contributed by atoms with E-state index in [4.69, 9.17) is 0 Å². The summed E-state index contributed by atoms with van der Waals surface area (Å²) in [5.74, 6) is 1.48. The van der Waals surface area contributed by atoms with E-state index in [2.05, 4.69) is 43.4 Å². The minimum absolute atomic E-state index is 0.245. The summed E-state index contributed by atoms with van der Waals surface area (Å²) < 4.78 is 23.2. The van der Waals surface area contributed by atoms with Gasteiger partial charge in [-0.25, -0.2) is 8.42 Å². The van der Waals surface area contributed by atoms with Crippen molar-refractivity contribution < 1.29 is 8.42 Å². The predicted molar refractivity (Wildman–Crippen MR) is 83.8 cm³/mol. The maximum atomic E-state index is 11.6. The van der Waals surface area contributed by atoms with Crippen molar-refractivity contribution in [2.24, 2.45) is 5.92 Å². The molecule has 1 saturated heterocycles. The number of likely N-dealkylation sites (N-methyl/N-ethyl adjacent to an activating group) is 1. The van der Waals surface area contributed by atoms with Crippen LogP contribution in [0, 0.1) is 5.92 Å². The van der Waals surface area contributed by atoms with Gasteiger partial charge in [0.2, 0.25) is 0 Å². The summed E-state index contributed by atoms with van der Waals surface area (Å²) in [5, 5.41) is 3.30. The Hall–Kier alpha value is -0.870. The third kappa shape index (κ3) is 3.83. The van der Waals surface area contributed by atoms with Gasteiger partial charge in [0.15, 0.2) is 9.84 Å². The molecule has 0 bridgehead atoms. The zero-order chi connectivity index (χ0) is 14.8. The van der Waals surface area contributed by atoms with Gasteiger partial charge in [0, 0.05) is 6.04 Å². The van der Waals surface area contributed by atoms with Crippen molar-refractivity contribution in [2.45, 2.75) is 38.6 Å². The van der Waals surface area contributed by atoms with E-state index in [-0.39, 0.29) is 12.0 Å². The molecule has 1 aromatic carbocycles. The lowest BCUT2D eigenvalue weighted by molar-refractivity contribution is 0.403. The van der Waals surface area contributed by atoms with Gasteiger partial charge in [0.05, 0.1) is 11.5 Å². The van der Waals surface area contributed by atoms with E-state index in [1.54, 1.807) is 0 Å². The zero-order valence-corrected chi connectivity index (χ0v) is 13.4. The molecule has 0 saturated carbocycles. The monoisotopic (exact) mass is 295 g/mol. The molecule has 2 unspecified atom stereocenters. The molecule has 2 atom stereocenters. The van der Waals surface area contributed by atoms with Crippen LogP contribution in [0.4, 0.5) is 0 Å². The molecule has 1 aromatic rings. The summed E-state index contributed by atoms with van der Waals surface area (Å²) in [6, 6.07) is 8.94. The largest absolute Gasteiger partial charge is 0.316 e. The first-order valence-corrected chi connectivity index (χ1v) is 9.20. The van der Waals surface area contributed by atoms with Crippen molar-refractivity contribution >= 4 is 9.84 Å². The summed E-state index contributed by atoms with van der Waals surface area (Å²) in [6.45, 7) is 4.38. The highest BCUT2D eigenvalue weighted by molar-refractivity contribution is 7.91. The van der Waals surface area contributed by atoms with Crippen LogP contribution in [0.3, 0.4) is 0 Å². The Labute approximate surface area is 122 Å². The molecule has 2 rings (SSSR count). The lowest BCUT2D eigenvalue weighted by Gasteiger charge is -2.22. The molecule has 0 amide bonds. The number of nitrogens with one attached hydrogen (secondary N) is 1. The number of benzene rings is 1. The second-order valence-electron chi connectivity index (χ2n) is 6.16. The molecule has 1 aliphatic rings. The van der Waals surface area contributed by atoms with Crippen LogP contribution >= 0.6 is 0 Å². The lowest BCUT2D eigenvalue weighted by Crippen LogP contribution is -2.36. The van der Waals surface area contributed by atoms with Crippen molar-refractivity contribution in [1.82, 2.24) is 5.32 Å². The van der Waals surface area contributed by atoms with E-state index in [1.807, 2.05) is 7.05 Å². The van der Waals surface area contributed by atoms with Crippen LogP contribution in [0.25, 0.3) is 0 Å². The van der Waals surface area contributed by atoms with Gasteiger partial charge in [-0.05, 0) is 42.9 Å². The quantitative estimate of drug-likeness (QED) is 0.907. The predicted octanol–water partition coefficient (Wildman–Crippen LogP) is 2.38. The van der Waals surface area contributed by atoms with E-state index < -0.39 is 9.84 Å². The molecule has 3 nitrogen and oxygen atoms in total. The van der Waals surface area contributed by atoms with E-state index in [0.29, 0.717) is 17.4 Å². The van der Waals surface area contributed by atoms with Gasteiger partial charge in [0.1, 0.15) is 0 Å². The average molecular weight is 295 g/mol. The third-order valence-corrected chi connectivity index (χ3v) is 6.10. The average Bonchev–Trinajstić information content (AvgIpc) is 2.76. The topological polar surface area (TPSA) is 46.2 Å². The normalized spacial score (nSPS) is 23.1. The summed E-state index contributed by atoms with van der Waals surface area (Å²) in [5.41, 5.74) is 2.62. The highest BCUT2D eigenvalue weighted by Crippen LogP contribution is 2.24. The lowest BCUT2D eigenvalue weighted by atomic mass is 9.92. The highest BCUT2D eigenvalue weighted by atomic mass is 32.2. The Balaban J connectivity index is 2.03. The van der Waals surface area contributed by atoms with Crippen LogP contribution in [-0.2, 0) is 16.3 Å². The molecule has 112 valence electrons. The van der Waals surface area contributed by atoms with Gasteiger partial charge in [0.25, 0.3) is 0 Å². The third-order valence-electron chi connectivity index (χ3n) is 4.31. The maximum Gasteiger partial charge on any atom is 0.150 e. The summed E-state index contributed by atoms with van der Waals surface area (Å²) in [4.78, 5) is 0. The fraction of sp³-hybridized carbons (Fsp3) is 0.625. The summed E-state index contributed by atoms with van der Waals surface area (Å²) >= 11 is 0. The molecule has 0 radical (unpaired) electrons. The van der Waals surface area contributed by atoms with Crippen molar-refractivity contribution in [3.8, 4) is 0 Å². The number of rotatable bonds is 5. The first-order chi connectivity index (χ1) is 9.41. The summed E-state index contributed by atoms with van der Waals surface area (Å²) in [6.07, 6.45) is 1.69. The molecule has 0 aromatic heterocycles. The molecule has 20 heavy (non-hydrogen) atoms. The number of hydrogen-bond donors (Lipinski definition) is 1. The van der Waals surface area contributed by atoms with Crippen molar-refractivity contribution in [3.05, 3.63) is 35.4 Å². The van der Waals surface area contributed by atoms with Gasteiger partial charge in [-0.3, -0.25) is 0 Å². The molecule has 0 spiro atoms. The molecular weight excluding hydrogens is 270 g/mol. The summed E-state index contributed by atoms with van der Waals surface area (Å²) in [7, 11) is -0.872. The first-order valence-electron chi connectivity index (χ1n) is 7.38. The highest BCUT2D eigenvalue weighted by Gasteiger charge is 2.32. The second-order valence-corrected chi connectivity index (χ2v) is 8.39. The number of hydrogen-bond acceptors (Lipinski definition) is 3. The van der Waals surface area contributed by atoms with Crippen LogP contribution < -0.4 is 5.32 Å². The van der Waals surface area contributed by atoms with E-state index in [9.17, 15) is 8.42 Å². The fourth-order valence-electron chi connectivity index (χ4n) is 2.94. The SMILES string of the molecule is CNC(Cc1ccc(C(C)C)cc1)C1CCS(=O)(=O)C1. The molecule has 1 heterocycles. The van der Waals surface area contributed by atoms with E-state index in [1.165, 1.54) is 11.1 Å². The number of sulfone groups is 1. The molecule has 1 aliphatic heterocycles. The van der Waals surface area contributed by atoms with Crippen LogP contribution in [0.5, 0.6) is 0 Å². The minimum Gasteiger partial charge on any atom is -0.316 e. The van der Waals surface area contributed by atoms with Crippen molar-refractivity contribution in [1.29, 1.82) is 0 Å². The first kappa shape index (κ1) is 15.5. The van der Waals surface area contributed by atoms with Gasteiger partial charge in [-0.15, -0.1) is 0 Å². The van der Waals surface area contributed by atoms with Gasteiger partial charge in [-0.2, -0.15) is 0 Å². The van der Waals surface area contributed by atoms with E-state index >= 15 is 0 Å². The van der Waals surface area contributed by atoms with Crippen LogP contribution in [0.2, 0.25) is 0 Å². The van der Waals surface area contributed by atoms with Gasteiger partial charge >= 0.3 is 0 Å². The Morgan fingerprint density at radius 1 is 1.25 bits per heavy atom. The molecule has 1 N–H and O–H groups in total. The maximum absolute atomic E-state index is 11.6. The minimum atomic E-state index is -2.80. The molecule has 1 fully saturated rings. The van der Waals surface area contributed by atoms with Crippen molar-refractivity contribution in [3.63, 3.8) is 0 Å². The fourth-order valence-corrected chi connectivity index (χ4v) is 4.82. The Bertz CT molecular complexity index is 534. The standard InChI is InChI=1S/C16H25NO2S/c1-12(2)14-6-4-13(5-7-14)10-16(17-3)15-8-9-20(18,19)11-15/h4-7,12,15-17H,8-11H2,1-3H3. The molecule has 0 aliphatic carbocycles. The molecule has 4 heteroatoms. The van der Waals surface area contributed by atoms with Gasteiger partial charge < -0.3 is 5.32 Å². The zero-order valence-electron chi connectivity index (χ0n) is 12.6. The second kappa shape index (κ2) is 6.27. The Morgan fingerprint density at radius 3 is 2.35 bits per heavy atom. The Morgan fingerprint density at radius 2 is 1.90 bits per heavy atom. The van der Waals surface area contributed by atoms with Crippen molar-refractivity contribution in [2.75, 3.05) is 18.6 Å². The van der Waals surface area contributed by atoms with Crippen LogP contribution in [0.15, 0.2) is 24.3 Å². The van der Waals surface area contributed by atoms with Crippen LogP contribution in [0.1, 0.15) is 37.3 Å². The van der Waals surface area contributed by atoms with Crippen LogP contribution in [-0.4, -0.2) is 33.0 Å². The van der Waals surface area contributed by atoms with Gasteiger partial charge in [-0.1, -0.05) is 38.1 Å².